The van der Waals surface area contributed by atoms with Crippen molar-refractivity contribution in [2.45, 2.75) is 25.8 Å². The number of piperidine rings is 1. The summed E-state index contributed by atoms with van der Waals surface area (Å²) in [6.45, 7) is 4.91. The molecule has 0 radical (unpaired) electrons. The first-order chi connectivity index (χ1) is 12.7. The summed E-state index contributed by atoms with van der Waals surface area (Å²) in [5.74, 6) is 2.85. The topological polar surface area (TPSA) is 67.4 Å². The Hall–Kier alpha value is -1.42. The molecule has 0 atom stereocenters. The van der Waals surface area contributed by atoms with Crippen LogP contribution in [0.1, 0.15) is 24.8 Å². The fraction of sp³-hybridized carbons (Fsp3) is 0.632. The van der Waals surface area contributed by atoms with E-state index in [1.54, 1.807) is 28.4 Å². The van der Waals surface area contributed by atoms with Crippen molar-refractivity contribution in [1.82, 2.24) is 15.5 Å². The molecule has 1 fully saturated rings. The van der Waals surface area contributed by atoms with Gasteiger partial charge in [-0.2, -0.15) is 0 Å². The van der Waals surface area contributed by atoms with E-state index < -0.39 is 0 Å². The smallest absolute Gasteiger partial charge is 0.191 e. The molecule has 0 aromatic heterocycles. The summed E-state index contributed by atoms with van der Waals surface area (Å²) in [6.07, 6.45) is 3.98. The van der Waals surface area contributed by atoms with E-state index >= 15 is 0 Å². The van der Waals surface area contributed by atoms with E-state index in [1.807, 2.05) is 12.1 Å². The molecule has 1 aliphatic rings. The summed E-state index contributed by atoms with van der Waals surface area (Å²) in [5, 5.41) is 6.71. The van der Waals surface area contributed by atoms with Crippen LogP contribution >= 0.6 is 24.0 Å². The van der Waals surface area contributed by atoms with Crippen LogP contribution in [0.25, 0.3) is 0 Å². The first-order valence-corrected chi connectivity index (χ1v) is 9.17. The van der Waals surface area contributed by atoms with Crippen molar-refractivity contribution < 1.29 is 14.2 Å². The van der Waals surface area contributed by atoms with Gasteiger partial charge in [0.15, 0.2) is 17.5 Å². The van der Waals surface area contributed by atoms with Gasteiger partial charge in [-0.3, -0.25) is 4.99 Å². The van der Waals surface area contributed by atoms with Gasteiger partial charge in [-0.1, -0.05) is 6.42 Å². The highest BCUT2D eigenvalue weighted by Gasteiger charge is 2.13. The maximum atomic E-state index is 5.47. The quantitative estimate of drug-likeness (QED) is 0.330. The second kappa shape index (κ2) is 12.9. The normalized spacial score (nSPS) is 14.9. The molecule has 2 rings (SSSR count). The molecule has 0 unspecified atom stereocenters. The lowest BCUT2D eigenvalue weighted by molar-refractivity contribution is 0.232. The van der Waals surface area contributed by atoms with Crippen LogP contribution in [-0.4, -0.2) is 65.4 Å². The third-order valence-electron chi connectivity index (χ3n) is 4.63. The minimum atomic E-state index is 0. The van der Waals surface area contributed by atoms with Gasteiger partial charge < -0.3 is 29.7 Å². The lowest BCUT2D eigenvalue weighted by atomic mass is 10.1. The molecule has 27 heavy (non-hydrogen) atoms. The molecule has 0 amide bonds. The van der Waals surface area contributed by atoms with E-state index in [4.69, 9.17) is 14.2 Å². The summed E-state index contributed by atoms with van der Waals surface area (Å²) >= 11 is 0. The molecule has 1 aromatic rings. The van der Waals surface area contributed by atoms with Crippen LogP contribution in [0.5, 0.6) is 17.2 Å². The monoisotopic (exact) mass is 492 g/mol. The van der Waals surface area contributed by atoms with Gasteiger partial charge in [-0.25, -0.2) is 0 Å². The zero-order valence-corrected chi connectivity index (χ0v) is 19.2. The Kier molecular flexibility index (Phi) is 11.3. The number of guanidine groups is 1. The van der Waals surface area contributed by atoms with Crippen LogP contribution < -0.4 is 24.8 Å². The largest absolute Gasteiger partial charge is 0.496 e. The molecule has 0 saturated carbocycles. The van der Waals surface area contributed by atoms with E-state index in [0.717, 1.165) is 30.4 Å². The molecule has 8 heteroatoms. The minimum Gasteiger partial charge on any atom is -0.496 e. The number of ether oxygens (including phenoxy) is 3. The molecular formula is C19H33IN4O3. The molecule has 1 aromatic carbocycles. The number of hydrogen-bond donors (Lipinski definition) is 2. The Labute approximate surface area is 179 Å². The predicted molar refractivity (Wildman–Crippen MR) is 120 cm³/mol. The number of rotatable bonds is 8. The molecule has 154 valence electrons. The van der Waals surface area contributed by atoms with Gasteiger partial charge in [0.1, 0.15) is 5.75 Å². The lowest BCUT2D eigenvalue weighted by Gasteiger charge is -2.26. The van der Waals surface area contributed by atoms with Gasteiger partial charge in [0.2, 0.25) is 0 Å². The molecule has 1 saturated heterocycles. The van der Waals surface area contributed by atoms with Crippen LogP contribution in [0.15, 0.2) is 17.1 Å². The van der Waals surface area contributed by atoms with Crippen molar-refractivity contribution in [3.63, 3.8) is 0 Å². The third-order valence-corrected chi connectivity index (χ3v) is 4.63. The molecule has 1 heterocycles. The summed E-state index contributed by atoms with van der Waals surface area (Å²) < 4.78 is 16.2. The Morgan fingerprint density at radius 2 is 1.59 bits per heavy atom. The van der Waals surface area contributed by atoms with Crippen molar-refractivity contribution in [3.8, 4) is 17.2 Å². The van der Waals surface area contributed by atoms with E-state index in [-0.39, 0.29) is 24.0 Å². The Balaban J connectivity index is 0.00000364. The lowest BCUT2D eigenvalue weighted by Crippen LogP contribution is -2.42. The molecular weight excluding hydrogens is 459 g/mol. The number of aliphatic imine (C=N–C) groups is 1. The average molecular weight is 492 g/mol. The van der Waals surface area contributed by atoms with Crippen molar-refractivity contribution >= 4 is 29.9 Å². The van der Waals surface area contributed by atoms with Gasteiger partial charge in [0, 0.05) is 38.3 Å². The van der Waals surface area contributed by atoms with Gasteiger partial charge >= 0.3 is 0 Å². The Morgan fingerprint density at radius 3 is 2.19 bits per heavy atom. The van der Waals surface area contributed by atoms with Gasteiger partial charge in [0.25, 0.3) is 0 Å². The Morgan fingerprint density at radius 1 is 0.963 bits per heavy atom. The number of nitrogens with zero attached hydrogens (tertiary/aromatic N) is 2. The molecule has 2 N–H and O–H groups in total. The molecule has 0 aliphatic carbocycles. The number of nitrogens with one attached hydrogen (secondary N) is 2. The van der Waals surface area contributed by atoms with E-state index in [1.165, 1.54) is 32.4 Å². The summed E-state index contributed by atoms with van der Waals surface area (Å²) in [5.41, 5.74) is 0.976. The summed E-state index contributed by atoms with van der Waals surface area (Å²) in [6, 6.07) is 3.76. The zero-order chi connectivity index (χ0) is 18.8. The van der Waals surface area contributed by atoms with Crippen molar-refractivity contribution in [1.29, 1.82) is 0 Å². The average Bonchev–Trinajstić information content (AvgIpc) is 2.70. The first-order valence-electron chi connectivity index (χ1n) is 9.17. The number of halogens is 1. The van der Waals surface area contributed by atoms with Crippen LogP contribution in [0, 0.1) is 0 Å². The minimum absolute atomic E-state index is 0. The maximum Gasteiger partial charge on any atom is 0.191 e. The molecule has 1 aliphatic heterocycles. The fourth-order valence-electron chi connectivity index (χ4n) is 3.15. The Bertz CT molecular complexity index is 593. The highest BCUT2D eigenvalue weighted by molar-refractivity contribution is 14.0. The zero-order valence-electron chi connectivity index (χ0n) is 16.8. The number of benzene rings is 1. The van der Waals surface area contributed by atoms with Crippen molar-refractivity contribution in [3.05, 3.63) is 17.7 Å². The predicted octanol–water partition coefficient (Wildman–Crippen LogP) is 2.48. The van der Waals surface area contributed by atoms with Crippen LogP contribution in [0.4, 0.5) is 0 Å². The third kappa shape index (κ3) is 7.25. The molecule has 0 bridgehead atoms. The first kappa shape index (κ1) is 23.6. The fourth-order valence-corrected chi connectivity index (χ4v) is 3.15. The highest BCUT2D eigenvalue weighted by Crippen LogP contribution is 2.34. The van der Waals surface area contributed by atoms with E-state index in [0.29, 0.717) is 18.0 Å². The van der Waals surface area contributed by atoms with Crippen molar-refractivity contribution in [2.75, 3.05) is 54.6 Å². The van der Waals surface area contributed by atoms with Crippen LogP contribution in [-0.2, 0) is 6.54 Å². The van der Waals surface area contributed by atoms with E-state index in [9.17, 15) is 0 Å². The summed E-state index contributed by atoms with van der Waals surface area (Å²) in [7, 11) is 6.67. The summed E-state index contributed by atoms with van der Waals surface area (Å²) in [4.78, 5) is 6.80. The second-order valence-corrected chi connectivity index (χ2v) is 6.27. The van der Waals surface area contributed by atoms with Gasteiger partial charge in [-0.05, 0) is 32.0 Å². The van der Waals surface area contributed by atoms with Crippen LogP contribution in [0.2, 0.25) is 0 Å². The molecule has 0 spiro atoms. The standard InChI is InChI=1S/C19H32N4O3.HI/c1-20-19(21-8-11-23-9-6-5-7-10-23)22-14-15-12-17(25-3)18(26-4)13-16(15)24-2;/h12-13H,5-11,14H2,1-4H3,(H2,20,21,22);1H. The number of methoxy groups -OCH3 is 3. The highest BCUT2D eigenvalue weighted by atomic mass is 127. The second-order valence-electron chi connectivity index (χ2n) is 6.27. The van der Waals surface area contributed by atoms with Gasteiger partial charge in [-0.15, -0.1) is 24.0 Å². The SMILES string of the molecule is CN=C(NCCN1CCCCC1)NCc1cc(OC)c(OC)cc1OC.I. The van der Waals surface area contributed by atoms with Gasteiger partial charge in [0.05, 0.1) is 21.3 Å². The number of hydrogen-bond acceptors (Lipinski definition) is 5. The van der Waals surface area contributed by atoms with E-state index in [2.05, 4.69) is 20.5 Å². The van der Waals surface area contributed by atoms with Crippen molar-refractivity contribution in [2.24, 2.45) is 4.99 Å². The maximum absolute atomic E-state index is 5.47. The van der Waals surface area contributed by atoms with Crippen LogP contribution in [0.3, 0.4) is 0 Å². The molecule has 7 nitrogen and oxygen atoms in total. The number of likely N-dealkylation sites (tertiary alicyclic amines) is 1.